The third kappa shape index (κ3) is 14.1. The van der Waals surface area contributed by atoms with Crippen LogP contribution in [0, 0.1) is 0 Å². The van der Waals surface area contributed by atoms with E-state index in [9.17, 15) is 4.79 Å². The molecule has 0 radical (unpaired) electrons. The Labute approximate surface area is 120 Å². The molecule has 0 amide bonds. The van der Waals surface area contributed by atoms with Gasteiger partial charge in [0, 0.05) is 0 Å². The summed E-state index contributed by atoms with van der Waals surface area (Å²) in [6.07, 6.45) is 14.6. The fourth-order valence-corrected chi connectivity index (χ4v) is 2.79. The van der Waals surface area contributed by atoms with E-state index in [1.165, 1.54) is 44.9 Å². The highest BCUT2D eigenvalue weighted by Crippen LogP contribution is 2.15. The number of ketones is 1. The fourth-order valence-electron chi connectivity index (χ4n) is 1.99. The first kappa shape index (κ1) is 20.3. The number of carbonyl (C=O) groups excluding carboxylic acids is 1. The van der Waals surface area contributed by atoms with Crippen LogP contribution in [0.25, 0.3) is 0 Å². The number of hydrogen-bond donors (Lipinski definition) is 0. The summed E-state index contributed by atoms with van der Waals surface area (Å²) in [5, 5.41) is 0.245. The van der Waals surface area contributed by atoms with Crippen molar-refractivity contribution in [2.24, 2.45) is 0 Å². The normalized spacial score (nSPS) is 16.3. The van der Waals surface area contributed by atoms with Gasteiger partial charge in [-0.25, -0.2) is 0 Å². The van der Waals surface area contributed by atoms with Gasteiger partial charge in [0.2, 0.25) is 0 Å². The fraction of sp³-hybridized carbons (Fsp3) is 0.938. The van der Waals surface area contributed by atoms with Gasteiger partial charge in [0.25, 0.3) is 0 Å². The Morgan fingerprint density at radius 3 is 1.44 bits per heavy atom. The molecule has 18 heavy (non-hydrogen) atoms. The molecule has 1 fully saturated rings. The quantitative estimate of drug-likeness (QED) is 0.597. The maximum absolute atomic E-state index is 10.7. The Balaban J connectivity index is 0. The van der Waals surface area contributed by atoms with Gasteiger partial charge in [0.15, 0.2) is 0 Å². The van der Waals surface area contributed by atoms with Crippen LogP contribution in [0.4, 0.5) is 0 Å². The number of hydrogen-bond acceptors (Lipinski definition) is 2. The topological polar surface area (TPSA) is 17.1 Å². The van der Waals surface area contributed by atoms with Crippen LogP contribution in [0.5, 0.6) is 0 Å². The zero-order valence-electron chi connectivity index (χ0n) is 13.3. The largest absolute Gasteiger partial charge is 0.299 e. The van der Waals surface area contributed by atoms with Crippen molar-refractivity contribution in [3.8, 4) is 0 Å². The minimum absolute atomic E-state index is 0.245. The monoisotopic (exact) mass is 274 g/mol. The van der Waals surface area contributed by atoms with Crippen molar-refractivity contribution in [3.63, 3.8) is 0 Å². The first-order chi connectivity index (χ1) is 8.72. The van der Waals surface area contributed by atoms with Crippen molar-refractivity contribution in [3.05, 3.63) is 0 Å². The average Bonchev–Trinajstić information content (AvgIpc) is 2.71. The molecule has 0 aromatic heterocycles. The third-order valence-corrected chi connectivity index (χ3v) is 4.18. The molecule has 0 saturated heterocycles. The molecule has 1 aliphatic rings. The van der Waals surface area contributed by atoms with Crippen LogP contribution in [0.2, 0.25) is 0 Å². The van der Waals surface area contributed by atoms with Crippen molar-refractivity contribution in [1.82, 2.24) is 0 Å². The summed E-state index contributed by atoms with van der Waals surface area (Å²) in [7, 11) is 0. The van der Waals surface area contributed by atoms with Crippen molar-refractivity contribution in [2.75, 3.05) is 6.26 Å². The number of carbonyl (C=O) groups is 1. The van der Waals surface area contributed by atoms with Gasteiger partial charge >= 0.3 is 0 Å². The third-order valence-electron chi connectivity index (χ3n) is 3.04. The van der Waals surface area contributed by atoms with E-state index in [1.54, 1.807) is 18.7 Å². The molecule has 1 nitrogen and oxygen atoms in total. The summed E-state index contributed by atoms with van der Waals surface area (Å²) in [5.41, 5.74) is 0. The predicted octanol–water partition coefficient (Wildman–Crippen LogP) is 5.86. The molecule has 2 heteroatoms. The Kier molecular flexibility index (Phi) is 19.2. The van der Waals surface area contributed by atoms with Gasteiger partial charge in [-0.15, -0.1) is 0 Å². The van der Waals surface area contributed by atoms with Crippen molar-refractivity contribution < 1.29 is 4.79 Å². The van der Waals surface area contributed by atoms with Crippen molar-refractivity contribution >= 4 is 17.5 Å². The lowest BCUT2D eigenvalue weighted by atomic mass is 10.2. The summed E-state index contributed by atoms with van der Waals surface area (Å²) in [6, 6.07) is 0. The smallest absolute Gasteiger partial charge is 0.142 e. The minimum Gasteiger partial charge on any atom is -0.299 e. The van der Waals surface area contributed by atoms with Crippen molar-refractivity contribution in [2.45, 2.75) is 90.7 Å². The van der Waals surface area contributed by atoms with Gasteiger partial charge in [-0.05, 0) is 19.6 Å². The second-order valence-corrected chi connectivity index (χ2v) is 5.64. The van der Waals surface area contributed by atoms with E-state index in [0.29, 0.717) is 5.78 Å². The summed E-state index contributed by atoms with van der Waals surface area (Å²) in [5.74, 6) is 0.310. The van der Waals surface area contributed by atoms with E-state index >= 15 is 0 Å². The van der Waals surface area contributed by atoms with Gasteiger partial charge in [-0.1, -0.05) is 72.1 Å². The molecule has 0 aromatic carbocycles. The van der Waals surface area contributed by atoms with Crippen molar-refractivity contribution in [1.29, 1.82) is 0 Å². The Bertz CT molecular complexity index is 149. The molecule has 0 N–H and O–H groups in total. The van der Waals surface area contributed by atoms with E-state index < -0.39 is 0 Å². The summed E-state index contributed by atoms with van der Waals surface area (Å²) in [6.45, 7) is 7.77. The van der Waals surface area contributed by atoms with Crippen LogP contribution in [0.1, 0.15) is 85.5 Å². The highest BCUT2D eigenvalue weighted by molar-refractivity contribution is 7.99. The van der Waals surface area contributed by atoms with Gasteiger partial charge < -0.3 is 0 Å². The van der Waals surface area contributed by atoms with Gasteiger partial charge in [0.1, 0.15) is 5.78 Å². The van der Waals surface area contributed by atoms with Crippen LogP contribution < -0.4 is 0 Å². The first-order valence-corrected chi connectivity index (χ1v) is 9.04. The maximum atomic E-state index is 10.7. The number of Topliss-reactive ketones (excluding diaryl/α,β-unsaturated/α-hetero) is 1. The Morgan fingerprint density at radius 2 is 1.33 bits per heavy atom. The Morgan fingerprint density at radius 1 is 1.00 bits per heavy atom. The predicted molar refractivity (Wildman–Crippen MR) is 86.6 cm³/mol. The number of thioether (sulfide) groups is 1. The molecule has 1 atom stereocenters. The summed E-state index contributed by atoms with van der Waals surface area (Å²) < 4.78 is 0. The summed E-state index contributed by atoms with van der Waals surface area (Å²) in [4.78, 5) is 10.7. The molecule has 0 aromatic rings. The standard InChI is InChI=1S/C7H14OS.C7H14.C2H6/c1-4-5-7(9-3)6(2)8;1-2-4-6-7-5-3-1;1-2/h7H,4-5H2,1-3H3;1-7H2;1-2H3. The molecule has 1 unspecified atom stereocenters. The lowest BCUT2D eigenvalue weighted by molar-refractivity contribution is -0.116. The molecule has 0 heterocycles. The lowest BCUT2D eigenvalue weighted by Gasteiger charge is -2.06. The van der Waals surface area contributed by atoms with E-state index in [0.717, 1.165) is 12.8 Å². The molecule has 0 bridgehead atoms. The SMILES string of the molecule is C1CCCCCC1.CC.CCCC(SC)C(C)=O. The number of rotatable bonds is 4. The van der Waals surface area contributed by atoms with Crippen LogP contribution in [-0.2, 0) is 4.79 Å². The summed E-state index contributed by atoms with van der Waals surface area (Å²) >= 11 is 1.65. The highest BCUT2D eigenvalue weighted by Gasteiger charge is 2.09. The second-order valence-electron chi connectivity index (χ2n) is 4.60. The zero-order valence-corrected chi connectivity index (χ0v) is 14.1. The highest BCUT2D eigenvalue weighted by atomic mass is 32.2. The molecule has 1 saturated carbocycles. The molecule has 1 aliphatic carbocycles. The van der Waals surface area contributed by atoms with E-state index in [-0.39, 0.29) is 5.25 Å². The van der Waals surface area contributed by atoms with E-state index in [2.05, 4.69) is 6.92 Å². The Hall–Kier alpha value is 0.0200. The molecular formula is C16H34OS. The van der Waals surface area contributed by atoms with Crippen LogP contribution >= 0.6 is 11.8 Å². The van der Waals surface area contributed by atoms with E-state index in [4.69, 9.17) is 0 Å². The van der Waals surface area contributed by atoms with Crippen LogP contribution in [0.3, 0.4) is 0 Å². The van der Waals surface area contributed by atoms with Crippen LogP contribution in [-0.4, -0.2) is 17.3 Å². The minimum atomic E-state index is 0.245. The molecule has 110 valence electrons. The van der Waals surface area contributed by atoms with Crippen LogP contribution in [0.15, 0.2) is 0 Å². The van der Waals surface area contributed by atoms with Gasteiger partial charge in [0.05, 0.1) is 5.25 Å². The van der Waals surface area contributed by atoms with E-state index in [1.807, 2.05) is 20.1 Å². The molecular weight excluding hydrogens is 240 g/mol. The zero-order chi connectivity index (χ0) is 14.2. The molecule has 0 aliphatic heterocycles. The average molecular weight is 275 g/mol. The van der Waals surface area contributed by atoms with Gasteiger partial charge in [-0.2, -0.15) is 11.8 Å². The van der Waals surface area contributed by atoms with Gasteiger partial charge in [-0.3, -0.25) is 4.79 Å². The first-order valence-electron chi connectivity index (χ1n) is 7.75. The molecule has 1 rings (SSSR count). The molecule has 0 spiro atoms. The maximum Gasteiger partial charge on any atom is 0.142 e. The lowest BCUT2D eigenvalue weighted by Crippen LogP contribution is -2.11. The second kappa shape index (κ2) is 17.0.